The number of ether oxygens (including phenoxy) is 2. The summed E-state index contributed by atoms with van der Waals surface area (Å²) in [6, 6.07) is 7.84. The lowest BCUT2D eigenvalue weighted by atomic mass is 10.0. The number of carbonyl (C=O) groups is 2. The Morgan fingerprint density at radius 1 is 1.20 bits per heavy atom. The zero-order chi connectivity index (χ0) is 21.9. The Balaban J connectivity index is 0.00000155. The second-order valence-electron chi connectivity index (χ2n) is 7.04. The SMILES string of the molecule is CC.Cc1ccc(COC(=O)N2CCOC(CNC(=O)C3=CC=C(O)CC3)C2)cc1. The predicted molar refractivity (Wildman–Crippen MR) is 115 cm³/mol. The number of morpholine rings is 1. The fourth-order valence-corrected chi connectivity index (χ4v) is 3.06. The van der Waals surface area contributed by atoms with Gasteiger partial charge in [0.2, 0.25) is 5.91 Å². The molecule has 7 nitrogen and oxygen atoms in total. The summed E-state index contributed by atoms with van der Waals surface area (Å²) in [5.74, 6) is 0.110. The van der Waals surface area contributed by atoms with Crippen molar-refractivity contribution in [1.82, 2.24) is 10.2 Å². The minimum Gasteiger partial charge on any atom is -0.512 e. The Bertz CT molecular complexity index is 770. The standard InChI is InChI=1S/C21H26N2O5.C2H6/c1-15-2-4-16(5-3-15)14-28-21(26)23-10-11-27-19(13-23)12-22-20(25)17-6-8-18(24)9-7-17;1-2/h2-6,8,19,24H,7,9-14H2,1H3,(H,22,25);1-2H3. The Morgan fingerprint density at radius 3 is 2.60 bits per heavy atom. The zero-order valence-electron chi connectivity index (χ0n) is 18.0. The van der Waals surface area contributed by atoms with Crippen LogP contribution in [0, 0.1) is 6.92 Å². The van der Waals surface area contributed by atoms with E-state index in [0.717, 1.165) is 11.1 Å². The number of hydrogen-bond acceptors (Lipinski definition) is 5. The summed E-state index contributed by atoms with van der Waals surface area (Å²) in [6.07, 6.45) is 3.50. The van der Waals surface area contributed by atoms with Crippen LogP contribution in [0.15, 0.2) is 47.7 Å². The third-order valence-electron chi connectivity index (χ3n) is 4.79. The van der Waals surface area contributed by atoms with Crippen LogP contribution in [0.5, 0.6) is 0 Å². The lowest BCUT2D eigenvalue weighted by Gasteiger charge is -2.32. The molecular formula is C23H32N2O5. The Hall–Kier alpha value is -2.80. The van der Waals surface area contributed by atoms with E-state index in [-0.39, 0.29) is 30.5 Å². The molecule has 7 heteroatoms. The number of allylic oxidation sites excluding steroid dienone is 3. The Kier molecular flexibility index (Phi) is 9.41. The van der Waals surface area contributed by atoms with E-state index in [9.17, 15) is 14.7 Å². The summed E-state index contributed by atoms with van der Waals surface area (Å²) >= 11 is 0. The lowest BCUT2D eigenvalue weighted by Crippen LogP contribution is -2.49. The van der Waals surface area contributed by atoms with Crippen LogP contribution in [0.2, 0.25) is 0 Å². The van der Waals surface area contributed by atoms with E-state index in [1.807, 2.05) is 45.0 Å². The predicted octanol–water partition coefficient (Wildman–Crippen LogP) is 3.64. The first-order chi connectivity index (χ1) is 14.5. The van der Waals surface area contributed by atoms with Gasteiger partial charge in [-0.1, -0.05) is 49.8 Å². The second-order valence-corrected chi connectivity index (χ2v) is 7.04. The summed E-state index contributed by atoms with van der Waals surface area (Å²) in [5.41, 5.74) is 2.73. The number of rotatable bonds is 5. The van der Waals surface area contributed by atoms with Crippen LogP contribution >= 0.6 is 0 Å². The highest BCUT2D eigenvalue weighted by Gasteiger charge is 2.26. The Labute approximate surface area is 178 Å². The van der Waals surface area contributed by atoms with Gasteiger partial charge in [0.15, 0.2) is 0 Å². The minimum absolute atomic E-state index is 0.175. The first-order valence-corrected chi connectivity index (χ1v) is 10.5. The number of aryl methyl sites for hydroxylation is 1. The largest absolute Gasteiger partial charge is 0.512 e. The molecule has 2 aliphatic rings. The van der Waals surface area contributed by atoms with Gasteiger partial charge in [-0.05, 0) is 25.0 Å². The first kappa shape index (κ1) is 23.5. The van der Waals surface area contributed by atoms with Gasteiger partial charge in [-0.25, -0.2) is 4.79 Å². The molecule has 0 aromatic heterocycles. The topological polar surface area (TPSA) is 88.1 Å². The molecule has 2 N–H and O–H groups in total. The molecule has 2 amide bonds. The fourth-order valence-electron chi connectivity index (χ4n) is 3.06. The molecule has 3 rings (SSSR count). The van der Waals surface area contributed by atoms with E-state index < -0.39 is 0 Å². The molecule has 1 aliphatic carbocycles. The van der Waals surface area contributed by atoms with Crippen molar-refractivity contribution >= 4 is 12.0 Å². The van der Waals surface area contributed by atoms with Crippen molar-refractivity contribution in [1.29, 1.82) is 0 Å². The quantitative estimate of drug-likeness (QED) is 0.765. The summed E-state index contributed by atoms with van der Waals surface area (Å²) in [6.45, 7) is 7.78. The minimum atomic E-state index is -0.379. The number of nitrogens with one attached hydrogen (secondary N) is 1. The molecule has 1 aliphatic heterocycles. The molecule has 30 heavy (non-hydrogen) atoms. The summed E-state index contributed by atoms with van der Waals surface area (Å²) < 4.78 is 11.0. The molecule has 0 saturated carbocycles. The fraction of sp³-hybridized carbons (Fsp3) is 0.478. The molecule has 1 saturated heterocycles. The van der Waals surface area contributed by atoms with Crippen molar-refractivity contribution in [3.8, 4) is 0 Å². The molecule has 1 fully saturated rings. The van der Waals surface area contributed by atoms with E-state index in [1.165, 1.54) is 0 Å². The third-order valence-corrected chi connectivity index (χ3v) is 4.79. The van der Waals surface area contributed by atoms with Crippen molar-refractivity contribution in [2.45, 2.75) is 46.3 Å². The van der Waals surface area contributed by atoms with E-state index in [0.29, 0.717) is 44.7 Å². The van der Waals surface area contributed by atoms with Gasteiger partial charge in [-0.2, -0.15) is 0 Å². The van der Waals surface area contributed by atoms with E-state index >= 15 is 0 Å². The van der Waals surface area contributed by atoms with Gasteiger partial charge >= 0.3 is 6.09 Å². The highest BCUT2D eigenvalue weighted by atomic mass is 16.6. The molecular weight excluding hydrogens is 384 g/mol. The Morgan fingerprint density at radius 2 is 1.93 bits per heavy atom. The third kappa shape index (κ3) is 7.22. The van der Waals surface area contributed by atoms with Crippen LogP contribution in [0.1, 0.15) is 37.8 Å². The van der Waals surface area contributed by atoms with Crippen molar-refractivity contribution in [2.24, 2.45) is 0 Å². The van der Waals surface area contributed by atoms with Gasteiger partial charge in [-0.3, -0.25) is 4.79 Å². The molecule has 1 aromatic carbocycles. The highest BCUT2D eigenvalue weighted by Crippen LogP contribution is 2.16. The number of aliphatic hydroxyl groups is 1. The normalized spacial score (nSPS) is 18.4. The molecule has 1 aromatic rings. The van der Waals surface area contributed by atoms with Crippen LogP contribution < -0.4 is 5.32 Å². The highest BCUT2D eigenvalue weighted by molar-refractivity contribution is 5.93. The second kappa shape index (κ2) is 12.0. The van der Waals surface area contributed by atoms with Crippen molar-refractivity contribution in [3.63, 3.8) is 0 Å². The molecule has 164 valence electrons. The van der Waals surface area contributed by atoms with Crippen LogP contribution in [0.4, 0.5) is 4.79 Å². The van der Waals surface area contributed by atoms with E-state index in [4.69, 9.17) is 9.47 Å². The number of amides is 2. The monoisotopic (exact) mass is 416 g/mol. The van der Waals surface area contributed by atoms with E-state index in [2.05, 4.69) is 5.32 Å². The van der Waals surface area contributed by atoms with Crippen molar-refractivity contribution in [2.75, 3.05) is 26.2 Å². The first-order valence-electron chi connectivity index (χ1n) is 10.5. The molecule has 0 bridgehead atoms. The smallest absolute Gasteiger partial charge is 0.410 e. The average Bonchev–Trinajstić information content (AvgIpc) is 2.79. The maximum absolute atomic E-state index is 12.3. The van der Waals surface area contributed by atoms with E-state index in [1.54, 1.807) is 17.1 Å². The summed E-state index contributed by atoms with van der Waals surface area (Å²) in [5, 5.41) is 12.2. The number of carbonyl (C=O) groups excluding carboxylic acids is 2. The van der Waals surface area contributed by atoms with Gasteiger partial charge in [0.1, 0.15) is 6.61 Å². The maximum atomic E-state index is 12.3. The van der Waals surface area contributed by atoms with Crippen LogP contribution in [-0.2, 0) is 20.9 Å². The number of hydrogen-bond donors (Lipinski definition) is 2. The molecule has 1 unspecified atom stereocenters. The molecule has 1 heterocycles. The van der Waals surface area contributed by atoms with Crippen LogP contribution in [0.25, 0.3) is 0 Å². The van der Waals surface area contributed by atoms with Gasteiger partial charge in [-0.15, -0.1) is 0 Å². The summed E-state index contributed by atoms with van der Waals surface area (Å²) in [4.78, 5) is 26.1. The molecule has 0 radical (unpaired) electrons. The maximum Gasteiger partial charge on any atom is 0.410 e. The molecule has 0 spiro atoms. The summed E-state index contributed by atoms with van der Waals surface area (Å²) in [7, 11) is 0. The van der Waals surface area contributed by atoms with Crippen molar-refractivity contribution in [3.05, 3.63) is 58.9 Å². The number of nitrogens with zero attached hydrogens (tertiary/aromatic N) is 1. The zero-order valence-corrected chi connectivity index (χ0v) is 18.0. The number of benzene rings is 1. The van der Waals surface area contributed by atoms with Crippen LogP contribution in [-0.4, -0.2) is 54.4 Å². The van der Waals surface area contributed by atoms with Gasteiger partial charge < -0.3 is 24.8 Å². The van der Waals surface area contributed by atoms with Gasteiger partial charge in [0, 0.05) is 25.1 Å². The lowest BCUT2D eigenvalue weighted by molar-refractivity contribution is -0.118. The van der Waals surface area contributed by atoms with Gasteiger partial charge in [0.05, 0.1) is 25.0 Å². The van der Waals surface area contributed by atoms with Crippen molar-refractivity contribution < 1.29 is 24.2 Å². The average molecular weight is 417 g/mol. The van der Waals surface area contributed by atoms with Gasteiger partial charge in [0.25, 0.3) is 0 Å². The molecule has 1 atom stereocenters. The number of aliphatic hydroxyl groups excluding tert-OH is 1. The van der Waals surface area contributed by atoms with Crippen LogP contribution in [0.3, 0.4) is 0 Å².